The van der Waals surface area contributed by atoms with E-state index in [2.05, 4.69) is 15.9 Å². The van der Waals surface area contributed by atoms with Gasteiger partial charge < -0.3 is 0 Å². The van der Waals surface area contributed by atoms with E-state index in [1.54, 1.807) is 18.2 Å². The molecule has 2 aromatic rings. The highest BCUT2D eigenvalue weighted by Gasteiger charge is 2.57. The number of carbonyl (C=O) groups is 1. The molecule has 2 nitrogen and oxygen atoms in total. The van der Waals surface area contributed by atoms with E-state index >= 15 is 0 Å². The molecule has 0 saturated carbocycles. The smallest absolute Gasteiger partial charge is 0.294 e. The van der Waals surface area contributed by atoms with Crippen molar-refractivity contribution in [3.63, 3.8) is 0 Å². The first-order chi connectivity index (χ1) is 10.8. The van der Waals surface area contributed by atoms with Crippen molar-refractivity contribution in [2.75, 3.05) is 0 Å². The minimum atomic E-state index is -4.87. The predicted octanol–water partition coefficient (Wildman–Crippen LogP) is 5.05. The summed E-state index contributed by atoms with van der Waals surface area (Å²) in [7, 11) is 0. The van der Waals surface area contributed by atoms with Gasteiger partial charge in [-0.15, -0.1) is 0 Å². The third-order valence-corrected chi connectivity index (χ3v) is 4.06. The average molecular weight is 382 g/mol. The normalized spacial score (nSPS) is 13.9. The van der Waals surface area contributed by atoms with Gasteiger partial charge in [0.2, 0.25) is 0 Å². The van der Waals surface area contributed by atoms with E-state index in [4.69, 9.17) is 0 Å². The summed E-state index contributed by atoms with van der Waals surface area (Å²) >= 11 is 3.14. The van der Waals surface area contributed by atoms with Crippen LogP contribution in [0.15, 0.2) is 59.1 Å². The van der Waals surface area contributed by atoms with Gasteiger partial charge in [-0.05, 0) is 17.7 Å². The van der Waals surface area contributed by atoms with Gasteiger partial charge in [0.1, 0.15) is 0 Å². The van der Waals surface area contributed by atoms with Crippen LogP contribution in [0.1, 0.15) is 22.3 Å². The number of hydrogen-bond acceptors (Lipinski definition) is 2. The lowest BCUT2D eigenvalue weighted by Gasteiger charge is -2.29. The fraction of sp³-hybridized carbons (Fsp3) is 0.176. The summed E-state index contributed by atoms with van der Waals surface area (Å²) in [6, 6.07) is 14.2. The Hall–Kier alpha value is -2.13. The van der Waals surface area contributed by atoms with Gasteiger partial charge in [0.25, 0.3) is 0 Å². The van der Waals surface area contributed by atoms with Gasteiger partial charge in [0.15, 0.2) is 11.2 Å². The quantitative estimate of drug-likeness (QED) is 0.695. The first-order valence-electron chi connectivity index (χ1n) is 6.62. The maximum atomic E-state index is 13.7. The molecule has 0 aliphatic rings. The Morgan fingerprint density at radius 2 is 1.61 bits per heavy atom. The standard InChI is InChI=1S/C17H11BrF3NO/c18-14-8-6-13(7-9-14)16(11-22,17(19,20)21)10-15(23)12-4-2-1-3-5-12/h1-9H,10H2/t16-/m0/s1. The molecular formula is C17H11BrF3NO. The second-order valence-electron chi connectivity index (χ2n) is 4.99. The van der Waals surface area contributed by atoms with Gasteiger partial charge in [-0.2, -0.15) is 18.4 Å². The van der Waals surface area contributed by atoms with Crippen molar-refractivity contribution in [2.24, 2.45) is 0 Å². The highest BCUT2D eigenvalue weighted by molar-refractivity contribution is 9.10. The van der Waals surface area contributed by atoms with Crippen LogP contribution >= 0.6 is 15.9 Å². The van der Waals surface area contributed by atoms with E-state index in [0.29, 0.717) is 4.47 Å². The second-order valence-corrected chi connectivity index (χ2v) is 5.90. The number of rotatable bonds is 4. The van der Waals surface area contributed by atoms with Gasteiger partial charge in [-0.25, -0.2) is 0 Å². The Morgan fingerprint density at radius 3 is 2.09 bits per heavy atom. The maximum absolute atomic E-state index is 13.7. The van der Waals surface area contributed by atoms with E-state index in [0.717, 1.165) is 0 Å². The van der Waals surface area contributed by atoms with Crippen LogP contribution in [0.4, 0.5) is 13.2 Å². The summed E-state index contributed by atoms with van der Waals surface area (Å²) in [6.07, 6.45) is -5.83. The molecule has 23 heavy (non-hydrogen) atoms. The lowest BCUT2D eigenvalue weighted by molar-refractivity contribution is -0.172. The zero-order valence-corrected chi connectivity index (χ0v) is 13.4. The van der Waals surface area contributed by atoms with Gasteiger partial charge in [-0.3, -0.25) is 4.79 Å². The fourth-order valence-corrected chi connectivity index (χ4v) is 2.50. The highest BCUT2D eigenvalue weighted by Crippen LogP contribution is 2.44. The Kier molecular flexibility index (Phi) is 4.90. The number of benzene rings is 2. The molecule has 0 aromatic heterocycles. The van der Waals surface area contributed by atoms with E-state index in [1.807, 2.05) is 0 Å². The molecule has 0 aliphatic heterocycles. The first-order valence-corrected chi connectivity index (χ1v) is 7.42. The summed E-state index contributed by atoms with van der Waals surface area (Å²) < 4.78 is 41.5. The molecule has 0 aliphatic carbocycles. The number of nitrogens with zero attached hydrogens (tertiary/aromatic N) is 1. The SMILES string of the molecule is N#C[C@@](CC(=O)c1ccccc1)(c1ccc(Br)cc1)C(F)(F)F. The van der Waals surface area contributed by atoms with Gasteiger partial charge in [0.05, 0.1) is 6.07 Å². The zero-order chi connectivity index (χ0) is 17.1. The second kappa shape index (κ2) is 6.55. The molecule has 0 saturated heterocycles. The van der Waals surface area contributed by atoms with Crippen molar-refractivity contribution in [2.45, 2.75) is 18.0 Å². The minimum Gasteiger partial charge on any atom is -0.294 e. The molecule has 0 spiro atoms. The highest BCUT2D eigenvalue weighted by atomic mass is 79.9. The van der Waals surface area contributed by atoms with E-state index in [1.165, 1.54) is 42.5 Å². The average Bonchev–Trinajstić information content (AvgIpc) is 2.53. The molecule has 0 amide bonds. The summed E-state index contributed by atoms with van der Waals surface area (Å²) in [4.78, 5) is 12.2. The van der Waals surface area contributed by atoms with Crippen LogP contribution in [0, 0.1) is 11.3 Å². The summed E-state index contributed by atoms with van der Waals surface area (Å²) in [5.74, 6) is -0.729. The number of alkyl halides is 3. The topological polar surface area (TPSA) is 40.9 Å². The van der Waals surface area contributed by atoms with E-state index < -0.39 is 23.8 Å². The van der Waals surface area contributed by atoms with Crippen molar-refractivity contribution < 1.29 is 18.0 Å². The molecule has 0 heterocycles. The lowest BCUT2D eigenvalue weighted by Crippen LogP contribution is -2.43. The predicted molar refractivity (Wildman–Crippen MR) is 82.9 cm³/mol. The molecule has 118 valence electrons. The molecule has 1 atom stereocenters. The van der Waals surface area contributed by atoms with E-state index in [-0.39, 0.29) is 11.1 Å². The van der Waals surface area contributed by atoms with Crippen LogP contribution in [0.3, 0.4) is 0 Å². The number of ketones is 1. The van der Waals surface area contributed by atoms with Crippen LogP contribution < -0.4 is 0 Å². The number of nitriles is 1. The molecule has 2 rings (SSSR count). The third kappa shape index (κ3) is 3.45. The molecular weight excluding hydrogens is 371 g/mol. The lowest BCUT2D eigenvalue weighted by atomic mass is 9.76. The van der Waals surface area contributed by atoms with Crippen LogP contribution in [0.5, 0.6) is 0 Å². The molecule has 0 unspecified atom stereocenters. The molecule has 0 bridgehead atoms. The summed E-state index contributed by atoms with van der Waals surface area (Å²) in [5, 5.41) is 9.30. The molecule has 0 fully saturated rings. The fourth-order valence-electron chi connectivity index (χ4n) is 2.23. The third-order valence-electron chi connectivity index (χ3n) is 3.53. The van der Waals surface area contributed by atoms with E-state index in [9.17, 15) is 23.2 Å². The Bertz CT molecular complexity index is 735. The summed E-state index contributed by atoms with van der Waals surface area (Å²) in [5.41, 5.74) is -2.98. The van der Waals surface area contributed by atoms with Crippen molar-refractivity contribution >= 4 is 21.7 Å². The Labute approximate surface area is 139 Å². The van der Waals surface area contributed by atoms with Crippen LogP contribution in [-0.2, 0) is 5.41 Å². The Morgan fingerprint density at radius 1 is 1.04 bits per heavy atom. The van der Waals surface area contributed by atoms with Crippen molar-refractivity contribution in [1.29, 1.82) is 5.26 Å². The van der Waals surface area contributed by atoms with Crippen molar-refractivity contribution in [3.8, 4) is 6.07 Å². The molecule has 2 aromatic carbocycles. The number of halogens is 4. The number of carbonyl (C=O) groups excluding carboxylic acids is 1. The largest absolute Gasteiger partial charge is 0.411 e. The van der Waals surface area contributed by atoms with Crippen LogP contribution in [0.25, 0.3) is 0 Å². The number of hydrogen-bond donors (Lipinski definition) is 0. The van der Waals surface area contributed by atoms with Gasteiger partial charge in [-0.1, -0.05) is 58.4 Å². The molecule has 6 heteroatoms. The number of Topliss-reactive ketones (excluding diaryl/α,β-unsaturated/α-hetero) is 1. The maximum Gasteiger partial charge on any atom is 0.411 e. The van der Waals surface area contributed by atoms with Crippen molar-refractivity contribution in [3.05, 3.63) is 70.2 Å². The van der Waals surface area contributed by atoms with Crippen molar-refractivity contribution in [1.82, 2.24) is 0 Å². The Balaban J connectivity index is 2.49. The van der Waals surface area contributed by atoms with Crippen LogP contribution in [0.2, 0.25) is 0 Å². The molecule has 0 N–H and O–H groups in total. The zero-order valence-electron chi connectivity index (χ0n) is 11.8. The minimum absolute atomic E-state index is 0.147. The van der Waals surface area contributed by atoms with Gasteiger partial charge >= 0.3 is 6.18 Å². The van der Waals surface area contributed by atoms with Crippen LogP contribution in [-0.4, -0.2) is 12.0 Å². The van der Waals surface area contributed by atoms with Gasteiger partial charge in [0, 0.05) is 16.5 Å². The monoisotopic (exact) mass is 381 g/mol. The first kappa shape index (κ1) is 17.2. The summed E-state index contributed by atoms with van der Waals surface area (Å²) in [6.45, 7) is 0. The molecule has 0 radical (unpaired) electrons.